The Bertz CT molecular complexity index is 246. The van der Waals surface area contributed by atoms with Gasteiger partial charge in [-0.2, -0.15) is 5.26 Å². The van der Waals surface area contributed by atoms with E-state index < -0.39 is 5.41 Å². The molecule has 0 aliphatic heterocycles. The first kappa shape index (κ1) is 7.60. The van der Waals surface area contributed by atoms with Crippen molar-refractivity contribution in [2.24, 2.45) is 5.41 Å². The summed E-state index contributed by atoms with van der Waals surface area (Å²) in [6.45, 7) is 0. The number of hydrogen-bond donors (Lipinski definition) is 1. The Balaban J connectivity index is 1.96. The van der Waals surface area contributed by atoms with Crippen molar-refractivity contribution in [2.45, 2.75) is 38.1 Å². The van der Waals surface area contributed by atoms with Crippen molar-refractivity contribution >= 4 is 5.91 Å². The predicted octanol–water partition coefficient (Wildman–Crippen LogP) is 0.959. The van der Waals surface area contributed by atoms with Gasteiger partial charge in [0.05, 0.1) is 6.07 Å². The van der Waals surface area contributed by atoms with Gasteiger partial charge in [0, 0.05) is 6.04 Å². The van der Waals surface area contributed by atoms with E-state index in [2.05, 4.69) is 11.4 Å². The van der Waals surface area contributed by atoms with E-state index in [-0.39, 0.29) is 5.91 Å². The molecule has 0 aromatic rings. The van der Waals surface area contributed by atoms with Gasteiger partial charge in [0.15, 0.2) is 0 Å². The van der Waals surface area contributed by atoms with Crippen LogP contribution in [0.4, 0.5) is 0 Å². The maximum absolute atomic E-state index is 11.5. The minimum absolute atomic E-state index is 0.0289. The Kier molecular flexibility index (Phi) is 1.57. The van der Waals surface area contributed by atoms with Crippen molar-refractivity contribution in [3.05, 3.63) is 0 Å². The van der Waals surface area contributed by atoms with Gasteiger partial charge in [-0.3, -0.25) is 4.79 Å². The highest BCUT2D eigenvalue weighted by atomic mass is 16.2. The summed E-state index contributed by atoms with van der Waals surface area (Å²) in [6.07, 6.45) is 4.70. The van der Waals surface area contributed by atoms with Crippen LogP contribution in [-0.4, -0.2) is 11.9 Å². The Hall–Kier alpha value is -1.04. The van der Waals surface area contributed by atoms with Crippen LogP contribution in [-0.2, 0) is 4.79 Å². The van der Waals surface area contributed by atoms with Crippen molar-refractivity contribution in [1.82, 2.24) is 5.32 Å². The number of hydrogen-bond acceptors (Lipinski definition) is 2. The lowest BCUT2D eigenvalue weighted by molar-refractivity contribution is -0.131. The van der Waals surface area contributed by atoms with Gasteiger partial charge in [0.2, 0.25) is 5.91 Å². The van der Waals surface area contributed by atoms with E-state index in [4.69, 9.17) is 5.26 Å². The fourth-order valence-corrected chi connectivity index (χ4v) is 1.47. The van der Waals surface area contributed by atoms with Crippen LogP contribution in [0, 0.1) is 16.7 Å². The minimum Gasteiger partial charge on any atom is -0.352 e. The molecule has 2 aliphatic rings. The predicted molar refractivity (Wildman–Crippen MR) is 43.1 cm³/mol. The normalized spacial score (nSPS) is 25.2. The lowest BCUT2D eigenvalue weighted by Crippen LogP contribution is -2.45. The first-order valence-corrected chi connectivity index (χ1v) is 4.49. The Morgan fingerprint density at radius 1 is 1.50 bits per heavy atom. The SMILES string of the molecule is N#CC1(C(=O)NC2CC2)CCC1. The summed E-state index contributed by atoms with van der Waals surface area (Å²) in [5.41, 5.74) is -0.650. The monoisotopic (exact) mass is 164 g/mol. The highest BCUT2D eigenvalue weighted by Crippen LogP contribution is 2.41. The molecule has 1 amide bonds. The van der Waals surface area contributed by atoms with E-state index in [0.717, 1.165) is 32.1 Å². The molecule has 2 aliphatic carbocycles. The lowest BCUT2D eigenvalue weighted by atomic mass is 9.69. The molecule has 12 heavy (non-hydrogen) atoms. The van der Waals surface area contributed by atoms with Crippen molar-refractivity contribution in [3.8, 4) is 6.07 Å². The molecule has 3 nitrogen and oxygen atoms in total. The van der Waals surface area contributed by atoms with Gasteiger partial charge < -0.3 is 5.32 Å². The molecule has 0 aromatic heterocycles. The average molecular weight is 164 g/mol. The second kappa shape index (κ2) is 2.48. The van der Waals surface area contributed by atoms with Gasteiger partial charge in [0.1, 0.15) is 5.41 Å². The first-order chi connectivity index (χ1) is 5.77. The van der Waals surface area contributed by atoms with E-state index in [1.165, 1.54) is 0 Å². The van der Waals surface area contributed by atoms with Crippen LogP contribution in [0.2, 0.25) is 0 Å². The zero-order chi connectivity index (χ0) is 8.60. The third-order valence-electron chi connectivity index (χ3n) is 2.77. The van der Waals surface area contributed by atoms with Crippen LogP contribution >= 0.6 is 0 Å². The largest absolute Gasteiger partial charge is 0.352 e. The molecule has 2 saturated carbocycles. The Morgan fingerprint density at radius 3 is 2.50 bits per heavy atom. The van der Waals surface area contributed by atoms with Gasteiger partial charge in [-0.05, 0) is 32.1 Å². The summed E-state index contributed by atoms with van der Waals surface area (Å²) in [7, 11) is 0. The molecule has 1 N–H and O–H groups in total. The second-order valence-corrected chi connectivity index (χ2v) is 3.80. The highest BCUT2D eigenvalue weighted by Gasteiger charge is 2.45. The maximum atomic E-state index is 11.5. The van der Waals surface area contributed by atoms with E-state index in [1.54, 1.807) is 0 Å². The fraction of sp³-hybridized carbons (Fsp3) is 0.778. The van der Waals surface area contributed by atoms with Crippen LogP contribution in [0.3, 0.4) is 0 Å². The molecule has 0 atom stereocenters. The van der Waals surface area contributed by atoms with E-state index >= 15 is 0 Å². The standard InChI is InChI=1S/C9H12N2O/c10-6-9(4-1-5-9)8(12)11-7-2-3-7/h7H,1-5H2,(H,11,12). The molecule has 64 valence electrons. The number of nitrogens with zero attached hydrogens (tertiary/aromatic N) is 1. The number of nitriles is 1. The second-order valence-electron chi connectivity index (χ2n) is 3.80. The fourth-order valence-electron chi connectivity index (χ4n) is 1.47. The van der Waals surface area contributed by atoms with Gasteiger partial charge in [-0.25, -0.2) is 0 Å². The summed E-state index contributed by atoms with van der Waals surface area (Å²) in [4.78, 5) is 11.5. The molecular formula is C9H12N2O. The lowest BCUT2D eigenvalue weighted by Gasteiger charge is -2.33. The summed E-state index contributed by atoms with van der Waals surface area (Å²) in [6, 6.07) is 2.51. The molecule has 0 bridgehead atoms. The van der Waals surface area contributed by atoms with E-state index in [9.17, 15) is 4.79 Å². The molecular weight excluding hydrogens is 152 g/mol. The molecule has 0 unspecified atom stereocenters. The average Bonchev–Trinajstić information content (AvgIpc) is 2.70. The topological polar surface area (TPSA) is 52.9 Å². The molecule has 0 saturated heterocycles. The van der Waals surface area contributed by atoms with Crippen LogP contribution in [0.25, 0.3) is 0 Å². The zero-order valence-corrected chi connectivity index (χ0v) is 6.97. The molecule has 2 rings (SSSR count). The van der Waals surface area contributed by atoms with Crippen molar-refractivity contribution < 1.29 is 4.79 Å². The smallest absolute Gasteiger partial charge is 0.240 e. The number of nitrogens with one attached hydrogen (secondary N) is 1. The van der Waals surface area contributed by atoms with E-state index in [0.29, 0.717) is 6.04 Å². The van der Waals surface area contributed by atoms with Gasteiger partial charge >= 0.3 is 0 Å². The maximum Gasteiger partial charge on any atom is 0.240 e. The third-order valence-corrected chi connectivity index (χ3v) is 2.77. The molecule has 0 heterocycles. The van der Waals surface area contributed by atoms with Crippen molar-refractivity contribution in [1.29, 1.82) is 5.26 Å². The summed E-state index contributed by atoms with van der Waals surface area (Å²) < 4.78 is 0. The number of amides is 1. The number of rotatable bonds is 2. The quantitative estimate of drug-likeness (QED) is 0.660. The molecule has 3 heteroatoms. The summed E-state index contributed by atoms with van der Waals surface area (Å²) in [5.74, 6) is -0.0289. The van der Waals surface area contributed by atoms with Crippen molar-refractivity contribution in [3.63, 3.8) is 0 Å². The van der Waals surface area contributed by atoms with E-state index in [1.807, 2.05) is 0 Å². The molecule has 2 fully saturated rings. The van der Waals surface area contributed by atoms with Crippen LogP contribution in [0.15, 0.2) is 0 Å². The molecule has 0 aromatic carbocycles. The Morgan fingerprint density at radius 2 is 2.17 bits per heavy atom. The highest BCUT2D eigenvalue weighted by molar-refractivity contribution is 5.86. The molecule has 0 radical (unpaired) electrons. The summed E-state index contributed by atoms with van der Waals surface area (Å²) in [5, 5.41) is 11.7. The van der Waals surface area contributed by atoms with Gasteiger partial charge in [0.25, 0.3) is 0 Å². The first-order valence-electron chi connectivity index (χ1n) is 4.49. The Labute approximate surface area is 71.8 Å². The minimum atomic E-state index is -0.650. The van der Waals surface area contributed by atoms with Gasteiger partial charge in [-0.15, -0.1) is 0 Å². The van der Waals surface area contributed by atoms with Crippen LogP contribution in [0.5, 0.6) is 0 Å². The van der Waals surface area contributed by atoms with Crippen LogP contribution < -0.4 is 5.32 Å². The number of carbonyl (C=O) groups is 1. The van der Waals surface area contributed by atoms with Crippen molar-refractivity contribution in [2.75, 3.05) is 0 Å². The third kappa shape index (κ3) is 1.08. The molecule has 0 spiro atoms. The zero-order valence-electron chi connectivity index (χ0n) is 6.97. The van der Waals surface area contributed by atoms with Crippen LogP contribution in [0.1, 0.15) is 32.1 Å². The summed E-state index contributed by atoms with van der Waals surface area (Å²) >= 11 is 0. The number of carbonyl (C=O) groups excluding carboxylic acids is 1. The van der Waals surface area contributed by atoms with Gasteiger partial charge in [-0.1, -0.05) is 0 Å².